The zero-order valence-electron chi connectivity index (χ0n) is 5.18. The van der Waals surface area contributed by atoms with Crippen molar-refractivity contribution in [3.8, 4) is 12.5 Å². The molecule has 0 aromatic carbocycles. The summed E-state index contributed by atoms with van der Waals surface area (Å²) in [5, 5.41) is 0. The van der Waals surface area contributed by atoms with Crippen molar-refractivity contribution in [3.05, 3.63) is 12.2 Å². The molecule has 0 atom stereocenters. The van der Waals surface area contributed by atoms with Gasteiger partial charge in [-0.1, -0.05) is 12.5 Å². The lowest BCUT2D eigenvalue weighted by Crippen LogP contribution is -1.79. The van der Waals surface area contributed by atoms with Gasteiger partial charge in [0.05, 0.1) is 0 Å². The van der Waals surface area contributed by atoms with Crippen LogP contribution in [0.1, 0.15) is 13.8 Å². The molecule has 0 rings (SSSR count). The first kappa shape index (κ1) is 6.97. The molecule has 0 N–H and O–H groups in total. The van der Waals surface area contributed by atoms with Gasteiger partial charge in [0.25, 0.3) is 0 Å². The van der Waals surface area contributed by atoms with Gasteiger partial charge in [0.15, 0.2) is 0 Å². The summed E-state index contributed by atoms with van der Waals surface area (Å²) in [7, 11) is 0. The predicted octanol–water partition coefficient (Wildman–Crippen LogP) is 1.61. The van der Waals surface area contributed by atoms with E-state index in [1.54, 1.807) is 0 Å². The highest BCUT2D eigenvalue weighted by molar-refractivity contribution is 5.93. The molecule has 0 aliphatic carbocycles. The lowest BCUT2D eigenvalue weighted by Gasteiger charge is -1.79. The van der Waals surface area contributed by atoms with E-state index in [4.69, 9.17) is 6.42 Å². The molecule has 0 saturated carbocycles. The Morgan fingerprint density at radius 1 is 1.75 bits per heavy atom. The molecule has 0 aromatic heterocycles. The van der Waals surface area contributed by atoms with Gasteiger partial charge in [-0.2, -0.15) is 0 Å². The summed E-state index contributed by atoms with van der Waals surface area (Å²) in [5.74, 6) is 0. The van der Waals surface area contributed by atoms with E-state index in [0.29, 0.717) is 0 Å². The fourth-order valence-electron chi connectivity index (χ4n) is 0.380. The van der Waals surface area contributed by atoms with Crippen molar-refractivity contribution >= 4 is 5.71 Å². The normalized spacial score (nSPS) is 11.9. The number of aliphatic imine (C=N–C) groups is 1. The topological polar surface area (TPSA) is 12.4 Å². The first-order valence-electron chi connectivity index (χ1n) is 2.44. The summed E-state index contributed by atoms with van der Waals surface area (Å²) in [6.45, 7) is 3.79. The molecule has 0 saturated heterocycles. The van der Waals surface area contributed by atoms with E-state index in [1.807, 2.05) is 26.0 Å². The van der Waals surface area contributed by atoms with Gasteiger partial charge >= 0.3 is 0 Å². The van der Waals surface area contributed by atoms with Gasteiger partial charge in [-0.15, -0.1) is 0 Å². The fraction of sp³-hybridized carbons (Fsp3) is 0.286. The standard InChI is InChI=1S/C7H9N/c1-4-6-7(3)8-5-2/h2,4,6H,1,3H3/b6-4-,8-7?. The third kappa shape index (κ3) is 3.17. The lowest BCUT2D eigenvalue weighted by atomic mass is 10.4. The number of allylic oxidation sites excluding steroid dienone is 2. The van der Waals surface area contributed by atoms with Crippen molar-refractivity contribution in [1.29, 1.82) is 0 Å². The number of hydrogen-bond donors (Lipinski definition) is 0. The average Bonchev–Trinajstić information content (AvgIpc) is 1.68. The summed E-state index contributed by atoms with van der Waals surface area (Å²) in [5.41, 5.74) is 0.870. The van der Waals surface area contributed by atoms with Gasteiger partial charge < -0.3 is 0 Å². The molecule has 8 heavy (non-hydrogen) atoms. The van der Waals surface area contributed by atoms with Crippen LogP contribution >= 0.6 is 0 Å². The minimum Gasteiger partial charge on any atom is -0.203 e. The number of hydrogen-bond acceptors (Lipinski definition) is 1. The maximum atomic E-state index is 4.89. The molecule has 1 heteroatoms. The van der Waals surface area contributed by atoms with Gasteiger partial charge in [0.1, 0.15) is 0 Å². The third-order valence-corrected chi connectivity index (χ3v) is 0.649. The second-order valence-corrected chi connectivity index (χ2v) is 1.38. The minimum atomic E-state index is 0.870. The predicted molar refractivity (Wildman–Crippen MR) is 36.8 cm³/mol. The second kappa shape index (κ2) is 4.14. The number of nitrogens with zero attached hydrogens (tertiary/aromatic N) is 1. The van der Waals surface area contributed by atoms with Crippen LogP contribution < -0.4 is 0 Å². The van der Waals surface area contributed by atoms with E-state index < -0.39 is 0 Å². The molecule has 0 unspecified atom stereocenters. The van der Waals surface area contributed by atoms with Crippen LogP contribution in [-0.4, -0.2) is 5.71 Å². The summed E-state index contributed by atoms with van der Waals surface area (Å²) < 4.78 is 0. The van der Waals surface area contributed by atoms with Crippen LogP contribution in [0.15, 0.2) is 17.1 Å². The van der Waals surface area contributed by atoms with Gasteiger partial charge in [-0.25, -0.2) is 4.99 Å². The van der Waals surface area contributed by atoms with Crippen LogP contribution in [0.25, 0.3) is 0 Å². The number of rotatable bonds is 1. The molecule has 0 aliphatic heterocycles. The Morgan fingerprint density at radius 3 is 2.75 bits per heavy atom. The zero-order valence-corrected chi connectivity index (χ0v) is 5.18. The van der Waals surface area contributed by atoms with Crippen LogP contribution in [0, 0.1) is 12.5 Å². The van der Waals surface area contributed by atoms with E-state index >= 15 is 0 Å². The van der Waals surface area contributed by atoms with E-state index in [0.717, 1.165) is 5.71 Å². The maximum absolute atomic E-state index is 4.89. The van der Waals surface area contributed by atoms with Gasteiger partial charge in [0.2, 0.25) is 0 Å². The Bertz CT molecular complexity index is 146. The Kier molecular flexibility index (Phi) is 3.60. The highest BCUT2D eigenvalue weighted by Gasteiger charge is 1.74. The molecule has 0 bridgehead atoms. The van der Waals surface area contributed by atoms with Crippen LogP contribution in [0.5, 0.6) is 0 Å². The minimum absolute atomic E-state index is 0.870. The van der Waals surface area contributed by atoms with Crippen LogP contribution in [0.3, 0.4) is 0 Å². The fourth-order valence-corrected chi connectivity index (χ4v) is 0.380. The monoisotopic (exact) mass is 107 g/mol. The van der Waals surface area contributed by atoms with Crippen molar-refractivity contribution in [1.82, 2.24) is 0 Å². The SMILES string of the molecule is C#CN=C(C)/C=C\C. The molecule has 0 aromatic rings. The average molecular weight is 107 g/mol. The molecule has 0 heterocycles. The summed E-state index contributed by atoms with van der Waals surface area (Å²) in [4.78, 5) is 3.67. The van der Waals surface area contributed by atoms with Crippen LogP contribution in [0.4, 0.5) is 0 Å². The zero-order chi connectivity index (χ0) is 6.41. The van der Waals surface area contributed by atoms with E-state index in [2.05, 4.69) is 11.0 Å². The van der Waals surface area contributed by atoms with E-state index in [-0.39, 0.29) is 0 Å². The van der Waals surface area contributed by atoms with Crippen molar-refractivity contribution < 1.29 is 0 Å². The Labute approximate surface area is 50.1 Å². The summed E-state index contributed by atoms with van der Waals surface area (Å²) in [6.07, 6.45) is 8.65. The molecule has 0 spiro atoms. The lowest BCUT2D eigenvalue weighted by molar-refractivity contribution is 1.62. The Balaban J connectivity index is 3.85. The van der Waals surface area contributed by atoms with Crippen molar-refractivity contribution in [2.75, 3.05) is 0 Å². The quantitative estimate of drug-likeness (QED) is 0.356. The largest absolute Gasteiger partial charge is 0.203 e. The Morgan fingerprint density at radius 2 is 2.38 bits per heavy atom. The molecule has 0 radical (unpaired) electrons. The molecule has 0 fully saturated rings. The van der Waals surface area contributed by atoms with E-state index in [9.17, 15) is 0 Å². The maximum Gasteiger partial charge on any atom is 0.0476 e. The van der Waals surface area contributed by atoms with Crippen molar-refractivity contribution in [2.45, 2.75) is 13.8 Å². The Hall–Kier alpha value is -1.03. The van der Waals surface area contributed by atoms with Gasteiger partial charge in [-0.05, 0) is 19.9 Å². The highest BCUT2D eigenvalue weighted by Crippen LogP contribution is 1.77. The molecule has 0 aliphatic rings. The molecular formula is C7H9N. The van der Waals surface area contributed by atoms with Crippen molar-refractivity contribution in [2.24, 2.45) is 4.99 Å². The van der Waals surface area contributed by atoms with Crippen molar-refractivity contribution in [3.63, 3.8) is 0 Å². The second-order valence-electron chi connectivity index (χ2n) is 1.38. The summed E-state index contributed by atoms with van der Waals surface area (Å²) >= 11 is 0. The summed E-state index contributed by atoms with van der Waals surface area (Å²) in [6, 6.07) is 2.19. The molecule has 42 valence electrons. The van der Waals surface area contributed by atoms with E-state index in [1.165, 1.54) is 0 Å². The molecular weight excluding hydrogens is 98.1 g/mol. The first-order valence-corrected chi connectivity index (χ1v) is 2.44. The van der Waals surface area contributed by atoms with Gasteiger partial charge in [-0.3, -0.25) is 0 Å². The smallest absolute Gasteiger partial charge is 0.0476 e. The molecule has 1 nitrogen and oxygen atoms in total. The van der Waals surface area contributed by atoms with Gasteiger partial charge in [0, 0.05) is 11.8 Å². The van der Waals surface area contributed by atoms with Crippen LogP contribution in [-0.2, 0) is 0 Å². The number of terminal acetylenes is 1. The molecule has 0 amide bonds. The third-order valence-electron chi connectivity index (χ3n) is 0.649. The first-order chi connectivity index (χ1) is 3.81. The highest BCUT2D eigenvalue weighted by atomic mass is 14.7. The van der Waals surface area contributed by atoms with Crippen LogP contribution in [0.2, 0.25) is 0 Å².